The SMILES string of the molecule is CC(=O)OC1C(C)=C[C@H]2[C@H](C(C)=C(F)F)CC[C@H](C)[C@@]2(O)[C@@H]1OC(=O)[C@@H]1C[C@@]2(OC(=O)OC(C)(C)C)c3cccc(Cl)c3N(C)O[C@H]2[N+]1(C(=O)O)C(C)(C)C. The van der Waals surface area contributed by atoms with Crippen LogP contribution < -0.4 is 5.06 Å². The number of carboxylic acid groups (broad SMARTS) is 1. The molecule has 1 aromatic carbocycles. The number of hydrogen-bond acceptors (Lipinski definition) is 11. The first-order valence-electron chi connectivity index (χ1n) is 18.3. The van der Waals surface area contributed by atoms with Crippen molar-refractivity contribution < 1.29 is 66.4 Å². The molecule has 1 aromatic rings. The molecule has 1 amide bonds. The first-order chi connectivity index (χ1) is 25.2. The molecule has 4 aliphatic rings. The fourth-order valence-electron chi connectivity index (χ4n) is 9.35. The normalized spacial score (nSPS) is 34.3. The van der Waals surface area contributed by atoms with Gasteiger partial charge in [-0.3, -0.25) is 4.79 Å². The highest BCUT2D eigenvalue weighted by Gasteiger charge is 2.79. The van der Waals surface area contributed by atoms with E-state index in [1.54, 1.807) is 79.7 Å². The van der Waals surface area contributed by atoms with Crippen LogP contribution >= 0.6 is 11.6 Å². The number of nitrogens with zero attached hydrogens (tertiary/aromatic N) is 2. The van der Waals surface area contributed by atoms with Gasteiger partial charge in [0.15, 0.2) is 12.2 Å². The molecular formula is C39H52ClF2N2O11+. The quantitative estimate of drug-likeness (QED) is 0.130. The molecule has 10 atom stereocenters. The van der Waals surface area contributed by atoms with Crippen LogP contribution in [-0.2, 0) is 39.0 Å². The Hall–Kier alpha value is -3.79. The van der Waals surface area contributed by atoms with Gasteiger partial charge in [0, 0.05) is 25.5 Å². The molecule has 1 saturated heterocycles. The highest BCUT2D eigenvalue weighted by molar-refractivity contribution is 6.33. The zero-order chi connectivity index (χ0) is 41.4. The Balaban J connectivity index is 1.74. The number of ether oxygens (including phenoxy) is 4. The smallest absolute Gasteiger partial charge is 0.454 e. The van der Waals surface area contributed by atoms with Crippen LogP contribution in [0, 0.1) is 17.8 Å². The standard InChI is InChI=1S/C39H51ClF2N2O11/c1-19-17-25-23(21(3)31(41)42)16-15-20(2)39(25,50)30(29(19)51-22(4)45)52-32(46)27-18-38(54-35(49)53-37(8,9)10)24-13-12-14-26(40)28(24)43(11)55-33(38)44(27,34(47)48)36(5,6)7/h12-14,17,20,23,25,27,29-30,33,50H,15-16,18H2,1-11H3/p+1/t20-,23-,25-,27-,29?,30+,33+,38+,39-,44?/m0/s1. The van der Waals surface area contributed by atoms with Crippen molar-refractivity contribution in [3.8, 4) is 0 Å². The van der Waals surface area contributed by atoms with E-state index >= 15 is 4.79 Å². The summed E-state index contributed by atoms with van der Waals surface area (Å²) in [6.45, 7) is 15.3. The number of esters is 2. The summed E-state index contributed by atoms with van der Waals surface area (Å²) in [4.78, 5) is 61.7. The molecule has 0 aromatic heterocycles. The number of likely N-dealkylation sites (tertiary alicyclic amines) is 1. The number of hydrogen-bond donors (Lipinski definition) is 2. The van der Waals surface area contributed by atoms with Crippen molar-refractivity contribution in [2.24, 2.45) is 17.8 Å². The lowest BCUT2D eigenvalue weighted by molar-refractivity contribution is -0.953. The van der Waals surface area contributed by atoms with Crippen LogP contribution in [0.15, 0.2) is 41.5 Å². The van der Waals surface area contributed by atoms with E-state index < -0.39 is 106 Å². The number of aliphatic hydroxyl groups is 1. The minimum Gasteiger partial charge on any atom is -0.454 e. The van der Waals surface area contributed by atoms with E-state index in [0.717, 1.165) is 6.92 Å². The van der Waals surface area contributed by atoms with Crippen LogP contribution in [0.5, 0.6) is 0 Å². The number of halogens is 3. The first kappa shape index (κ1) is 42.4. The fraction of sp³-hybridized carbons (Fsp3) is 0.641. The van der Waals surface area contributed by atoms with Gasteiger partial charge in [-0.15, -0.1) is 0 Å². The molecule has 0 radical (unpaired) electrons. The van der Waals surface area contributed by atoms with Crippen LogP contribution in [0.2, 0.25) is 5.02 Å². The highest BCUT2D eigenvalue weighted by atomic mass is 35.5. The van der Waals surface area contributed by atoms with Gasteiger partial charge in [0.05, 0.1) is 17.1 Å². The average molecular weight is 798 g/mol. The van der Waals surface area contributed by atoms with Crippen molar-refractivity contribution in [2.45, 2.75) is 135 Å². The number of amides is 1. The van der Waals surface area contributed by atoms with Gasteiger partial charge in [-0.05, 0) is 97.3 Å². The van der Waals surface area contributed by atoms with Crippen molar-refractivity contribution in [1.29, 1.82) is 0 Å². The second-order valence-electron chi connectivity index (χ2n) is 17.2. The van der Waals surface area contributed by atoms with Gasteiger partial charge in [-0.1, -0.05) is 36.7 Å². The van der Waals surface area contributed by atoms with E-state index in [9.17, 15) is 33.4 Å². The van der Waals surface area contributed by atoms with E-state index in [2.05, 4.69) is 0 Å². The second-order valence-corrected chi connectivity index (χ2v) is 17.6. The number of quaternary nitrogens is 1. The topological polar surface area (TPSA) is 158 Å². The molecule has 5 rings (SSSR count). The van der Waals surface area contributed by atoms with Crippen LogP contribution in [0.25, 0.3) is 0 Å². The zero-order valence-corrected chi connectivity index (χ0v) is 33.8. The third-order valence-electron chi connectivity index (χ3n) is 11.8. The maximum Gasteiger partial charge on any atom is 0.517 e. The minimum atomic E-state index is -2.05. The van der Waals surface area contributed by atoms with Crippen molar-refractivity contribution in [1.82, 2.24) is 0 Å². The number of allylic oxidation sites excluding steroid dienone is 1. The fourth-order valence-corrected chi connectivity index (χ4v) is 9.65. The van der Waals surface area contributed by atoms with Crippen molar-refractivity contribution >= 4 is 41.5 Å². The van der Waals surface area contributed by atoms with Gasteiger partial charge in [0.1, 0.15) is 16.7 Å². The Morgan fingerprint density at radius 3 is 2.24 bits per heavy atom. The Labute approximate surface area is 324 Å². The lowest BCUT2D eigenvalue weighted by Gasteiger charge is -2.55. The van der Waals surface area contributed by atoms with Crippen molar-refractivity contribution in [3.05, 3.63) is 52.1 Å². The number of carbonyl (C=O) groups is 4. The van der Waals surface area contributed by atoms with Gasteiger partial charge in [0.25, 0.3) is 12.3 Å². The Morgan fingerprint density at radius 2 is 1.69 bits per heavy atom. The van der Waals surface area contributed by atoms with Gasteiger partial charge in [-0.2, -0.15) is 18.1 Å². The molecule has 304 valence electrons. The minimum absolute atomic E-state index is 0.178. The van der Waals surface area contributed by atoms with E-state index in [1.807, 2.05) is 0 Å². The Morgan fingerprint density at radius 1 is 1.05 bits per heavy atom. The number of anilines is 1. The van der Waals surface area contributed by atoms with E-state index in [0.29, 0.717) is 12.0 Å². The lowest BCUT2D eigenvalue weighted by atomic mass is 9.56. The third kappa shape index (κ3) is 6.78. The van der Waals surface area contributed by atoms with Crippen molar-refractivity contribution in [2.75, 3.05) is 12.1 Å². The van der Waals surface area contributed by atoms with Gasteiger partial charge in [-0.25, -0.2) is 19.5 Å². The Bertz CT molecular complexity index is 1820. The number of hydroxylamine groups is 1. The molecule has 1 saturated carbocycles. The number of para-hydroxylation sites is 1. The van der Waals surface area contributed by atoms with Crippen LogP contribution in [0.3, 0.4) is 0 Å². The van der Waals surface area contributed by atoms with Crippen LogP contribution in [0.4, 0.5) is 24.1 Å². The third-order valence-corrected chi connectivity index (χ3v) is 12.1. The predicted molar refractivity (Wildman–Crippen MR) is 195 cm³/mol. The van der Waals surface area contributed by atoms with Gasteiger partial charge >= 0.3 is 24.2 Å². The molecule has 16 heteroatoms. The molecule has 2 heterocycles. The predicted octanol–water partition coefficient (Wildman–Crippen LogP) is 7.63. The number of benzene rings is 1. The van der Waals surface area contributed by atoms with Crippen LogP contribution in [-0.4, -0.2) is 87.1 Å². The van der Waals surface area contributed by atoms with E-state index in [4.69, 9.17) is 35.4 Å². The highest BCUT2D eigenvalue weighted by Crippen LogP contribution is 2.60. The Kier molecular flexibility index (Phi) is 11.0. The van der Waals surface area contributed by atoms with Crippen molar-refractivity contribution in [3.63, 3.8) is 0 Å². The molecule has 55 heavy (non-hydrogen) atoms. The summed E-state index contributed by atoms with van der Waals surface area (Å²) in [5.41, 5.74) is -5.93. The van der Waals surface area contributed by atoms with E-state index in [-0.39, 0.29) is 28.3 Å². The summed E-state index contributed by atoms with van der Waals surface area (Å²) in [5, 5.41) is 25.6. The van der Waals surface area contributed by atoms with Gasteiger partial charge < -0.3 is 29.2 Å². The molecule has 13 nitrogen and oxygen atoms in total. The summed E-state index contributed by atoms with van der Waals surface area (Å²) < 4.78 is 50.8. The largest absolute Gasteiger partial charge is 0.517 e. The summed E-state index contributed by atoms with van der Waals surface area (Å²) in [7, 11) is 1.50. The molecule has 2 N–H and O–H groups in total. The molecule has 2 fully saturated rings. The maximum atomic E-state index is 15.2. The molecule has 2 aliphatic carbocycles. The number of fused-ring (bicyclic) bond motifs is 4. The summed E-state index contributed by atoms with van der Waals surface area (Å²) in [6, 6.07) is 3.02. The van der Waals surface area contributed by atoms with Gasteiger partial charge in [0.2, 0.25) is 11.6 Å². The zero-order valence-electron chi connectivity index (χ0n) is 33.1. The van der Waals surface area contributed by atoms with E-state index in [1.165, 1.54) is 19.0 Å². The first-order valence-corrected chi connectivity index (χ1v) is 18.7. The summed E-state index contributed by atoms with van der Waals surface area (Å²) in [5.74, 6) is -4.43. The lowest BCUT2D eigenvalue weighted by Crippen LogP contribution is -2.75. The average Bonchev–Trinajstić information content (AvgIpc) is 3.35. The number of carbonyl (C=O) groups excluding carboxylic acids is 3. The molecular weight excluding hydrogens is 746 g/mol. The maximum absolute atomic E-state index is 15.2. The summed E-state index contributed by atoms with van der Waals surface area (Å²) in [6.07, 6.45) is -7.68. The van der Waals surface area contributed by atoms with Crippen LogP contribution in [0.1, 0.15) is 94.1 Å². The monoisotopic (exact) mass is 797 g/mol. The molecule has 0 bridgehead atoms. The molecule has 2 aliphatic heterocycles. The molecule has 0 spiro atoms. The molecule has 2 unspecified atom stereocenters. The second kappa shape index (κ2) is 14.3. The number of rotatable bonds is 5. The summed E-state index contributed by atoms with van der Waals surface area (Å²) >= 11 is 6.67.